The van der Waals surface area contributed by atoms with Gasteiger partial charge in [-0.1, -0.05) is 12.1 Å². The van der Waals surface area contributed by atoms with Crippen molar-refractivity contribution in [3.8, 4) is 0 Å². The van der Waals surface area contributed by atoms with Crippen LogP contribution in [0.15, 0.2) is 18.2 Å². The standard InChI is InChI=1S/C13H17NO2/c1-9(2)14-7-6-11-10(8-13(15)16)4-3-5-12(11)14/h3-5,9H,6-8H2,1-2H3,(H,15,16). The molecule has 3 nitrogen and oxygen atoms in total. The largest absolute Gasteiger partial charge is 0.481 e. The van der Waals surface area contributed by atoms with Crippen LogP contribution >= 0.6 is 0 Å². The summed E-state index contributed by atoms with van der Waals surface area (Å²) in [6.45, 7) is 5.33. The van der Waals surface area contributed by atoms with Crippen molar-refractivity contribution in [2.24, 2.45) is 0 Å². The minimum atomic E-state index is -0.753. The molecule has 1 aromatic carbocycles. The van der Waals surface area contributed by atoms with Crippen LogP contribution in [-0.2, 0) is 17.6 Å². The summed E-state index contributed by atoms with van der Waals surface area (Å²) < 4.78 is 0. The van der Waals surface area contributed by atoms with Gasteiger partial charge < -0.3 is 10.0 Å². The van der Waals surface area contributed by atoms with E-state index in [4.69, 9.17) is 5.11 Å². The second-order valence-corrected chi connectivity index (χ2v) is 4.52. The molecule has 1 N–H and O–H groups in total. The number of hydrogen-bond donors (Lipinski definition) is 1. The molecule has 0 unspecified atom stereocenters. The van der Waals surface area contributed by atoms with Gasteiger partial charge in [0.05, 0.1) is 6.42 Å². The highest BCUT2D eigenvalue weighted by Gasteiger charge is 2.23. The SMILES string of the molecule is CC(C)N1CCc2c(CC(=O)O)cccc21. The van der Waals surface area contributed by atoms with Crippen LogP contribution in [0, 0.1) is 0 Å². The smallest absolute Gasteiger partial charge is 0.307 e. The number of carboxylic acids is 1. The van der Waals surface area contributed by atoms with Gasteiger partial charge in [0.2, 0.25) is 0 Å². The monoisotopic (exact) mass is 219 g/mol. The maximum atomic E-state index is 10.8. The highest BCUT2D eigenvalue weighted by Crippen LogP contribution is 2.32. The van der Waals surface area contributed by atoms with E-state index in [2.05, 4.69) is 24.8 Å². The molecule has 0 aromatic heterocycles. The normalized spacial score (nSPS) is 14.3. The number of hydrogen-bond acceptors (Lipinski definition) is 2. The van der Waals surface area contributed by atoms with Gasteiger partial charge in [0, 0.05) is 18.3 Å². The molecule has 0 saturated heterocycles. The fourth-order valence-electron chi connectivity index (χ4n) is 2.40. The van der Waals surface area contributed by atoms with Crippen LogP contribution in [0.4, 0.5) is 5.69 Å². The number of aliphatic carboxylic acids is 1. The van der Waals surface area contributed by atoms with Gasteiger partial charge in [-0.2, -0.15) is 0 Å². The zero-order valence-corrected chi connectivity index (χ0v) is 9.73. The Labute approximate surface area is 95.7 Å². The average molecular weight is 219 g/mol. The Balaban J connectivity index is 2.36. The van der Waals surface area contributed by atoms with E-state index in [1.807, 2.05) is 12.1 Å². The van der Waals surface area contributed by atoms with Crippen molar-refractivity contribution in [1.82, 2.24) is 0 Å². The molecule has 1 aliphatic rings. The Kier molecular flexibility index (Phi) is 2.86. The van der Waals surface area contributed by atoms with E-state index >= 15 is 0 Å². The lowest BCUT2D eigenvalue weighted by atomic mass is 10.0. The second-order valence-electron chi connectivity index (χ2n) is 4.52. The van der Waals surface area contributed by atoms with Crippen molar-refractivity contribution in [2.75, 3.05) is 11.4 Å². The number of nitrogens with zero attached hydrogens (tertiary/aromatic N) is 1. The van der Waals surface area contributed by atoms with Gasteiger partial charge in [0.15, 0.2) is 0 Å². The fraction of sp³-hybridized carbons (Fsp3) is 0.462. The second kappa shape index (κ2) is 4.16. The van der Waals surface area contributed by atoms with Crippen LogP contribution in [-0.4, -0.2) is 23.7 Å². The molecule has 0 bridgehead atoms. The highest BCUT2D eigenvalue weighted by molar-refractivity contribution is 5.73. The maximum absolute atomic E-state index is 10.8. The van der Waals surface area contributed by atoms with Crippen LogP contribution in [0.2, 0.25) is 0 Å². The Morgan fingerprint density at radius 3 is 2.88 bits per heavy atom. The zero-order valence-electron chi connectivity index (χ0n) is 9.73. The van der Waals surface area contributed by atoms with Crippen molar-refractivity contribution < 1.29 is 9.90 Å². The molecule has 0 atom stereocenters. The molecular formula is C13H17NO2. The summed E-state index contributed by atoms with van der Waals surface area (Å²) in [5.41, 5.74) is 3.40. The van der Waals surface area contributed by atoms with Gasteiger partial charge >= 0.3 is 5.97 Å². The van der Waals surface area contributed by atoms with Crippen molar-refractivity contribution in [3.05, 3.63) is 29.3 Å². The zero-order chi connectivity index (χ0) is 11.7. The van der Waals surface area contributed by atoms with E-state index in [9.17, 15) is 4.79 Å². The number of fused-ring (bicyclic) bond motifs is 1. The third-order valence-electron chi connectivity index (χ3n) is 3.13. The van der Waals surface area contributed by atoms with Crippen LogP contribution in [0.1, 0.15) is 25.0 Å². The molecule has 0 aliphatic carbocycles. The molecule has 86 valence electrons. The Morgan fingerprint density at radius 1 is 1.50 bits per heavy atom. The van der Waals surface area contributed by atoms with Crippen molar-refractivity contribution in [1.29, 1.82) is 0 Å². The summed E-state index contributed by atoms with van der Waals surface area (Å²) in [7, 11) is 0. The van der Waals surface area contributed by atoms with Gasteiger partial charge in [0.1, 0.15) is 0 Å². The quantitative estimate of drug-likeness (QED) is 0.846. The first-order valence-corrected chi connectivity index (χ1v) is 5.69. The molecule has 1 aliphatic heterocycles. The molecule has 0 saturated carbocycles. The molecular weight excluding hydrogens is 202 g/mol. The molecule has 2 rings (SSSR count). The van der Waals surface area contributed by atoms with Gasteiger partial charge in [-0.25, -0.2) is 0 Å². The maximum Gasteiger partial charge on any atom is 0.307 e. The summed E-state index contributed by atoms with van der Waals surface area (Å²) in [5, 5.41) is 8.86. The van der Waals surface area contributed by atoms with Crippen LogP contribution in [0.25, 0.3) is 0 Å². The van der Waals surface area contributed by atoms with E-state index in [0.717, 1.165) is 18.5 Å². The third-order valence-corrected chi connectivity index (χ3v) is 3.13. The van der Waals surface area contributed by atoms with Gasteiger partial charge in [-0.3, -0.25) is 4.79 Å². The molecule has 3 heteroatoms. The Bertz CT molecular complexity index is 412. The topological polar surface area (TPSA) is 40.5 Å². The Hall–Kier alpha value is -1.51. The Morgan fingerprint density at radius 2 is 2.25 bits per heavy atom. The first-order chi connectivity index (χ1) is 7.59. The molecule has 0 amide bonds. The summed E-state index contributed by atoms with van der Waals surface area (Å²) in [4.78, 5) is 13.1. The molecule has 0 fully saturated rings. The lowest BCUT2D eigenvalue weighted by Gasteiger charge is -2.24. The summed E-state index contributed by atoms with van der Waals surface area (Å²) in [6.07, 6.45) is 1.10. The van der Waals surface area contributed by atoms with Crippen molar-refractivity contribution >= 4 is 11.7 Å². The molecule has 0 spiro atoms. The van der Waals surface area contributed by atoms with Crippen LogP contribution in [0.5, 0.6) is 0 Å². The van der Waals surface area contributed by atoms with Crippen LogP contribution in [0.3, 0.4) is 0 Å². The number of carboxylic acid groups (broad SMARTS) is 1. The van der Waals surface area contributed by atoms with Crippen LogP contribution < -0.4 is 4.90 Å². The number of benzene rings is 1. The van der Waals surface area contributed by atoms with E-state index in [-0.39, 0.29) is 6.42 Å². The summed E-state index contributed by atoms with van der Waals surface area (Å²) >= 11 is 0. The van der Waals surface area contributed by atoms with Gasteiger partial charge in [0.25, 0.3) is 0 Å². The number of rotatable bonds is 3. The van der Waals surface area contributed by atoms with E-state index in [1.165, 1.54) is 11.3 Å². The summed E-state index contributed by atoms with van der Waals surface area (Å²) in [6, 6.07) is 6.45. The van der Waals surface area contributed by atoms with E-state index < -0.39 is 5.97 Å². The lowest BCUT2D eigenvalue weighted by Crippen LogP contribution is -2.28. The lowest BCUT2D eigenvalue weighted by molar-refractivity contribution is -0.136. The molecule has 1 heterocycles. The van der Waals surface area contributed by atoms with Crippen molar-refractivity contribution in [2.45, 2.75) is 32.7 Å². The predicted octanol–water partition coefficient (Wildman–Crippen LogP) is 2.08. The molecule has 0 radical (unpaired) electrons. The van der Waals surface area contributed by atoms with E-state index in [1.54, 1.807) is 0 Å². The third kappa shape index (κ3) is 1.90. The molecule has 1 aromatic rings. The first-order valence-electron chi connectivity index (χ1n) is 5.69. The highest BCUT2D eigenvalue weighted by atomic mass is 16.4. The van der Waals surface area contributed by atoms with Crippen molar-refractivity contribution in [3.63, 3.8) is 0 Å². The average Bonchev–Trinajstić information content (AvgIpc) is 2.61. The minimum absolute atomic E-state index is 0.134. The number of anilines is 1. The first kappa shape index (κ1) is 11.0. The minimum Gasteiger partial charge on any atom is -0.481 e. The summed E-state index contributed by atoms with van der Waals surface area (Å²) in [5.74, 6) is -0.753. The predicted molar refractivity (Wildman–Crippen MR) is 64.0 cm³/mol. The fourth-order valence-corrected chi connectivity index (χ4v) is 2.40. The molecule has 16 heavy (non-hydrogen) atoms. The van der Waals surface area contributed by atoms with E-state index in [0.29, 0.717) is 6.04 Å². The van der Waals surface area contributed by atoms with Gasteiger partial charge in [-0.05, 0) is 37.5 Å². The number of carbonyl (C=O) groups is 1. The van der Waals surface area contributed by atoms with Gasteiger partial charge in [-0.15, -0.1) is 0 Å².